The second-order valence-electron chi connectivity index (χ2n) is 15.4. The molecule has 1 aliphatic heterocycles. The van der Waals surface area contributed by atoms with Crippen LogP contribution in [0.1, 0.15) is 65.9 Å². The molecular weight excluding hydrogens is 702 g/mol. The average molecular weight is 774 g/mol. The van der Waals surface area contributed by atoms with Crippen LogP contribution >= 0.6 is 0 Å². The Kier molecular flexibility index (Phi) is 20.1. The van der Waals surface area contributed by atoms with Crippen molar-refractivity contribution in [3.05, 3.63) is 35.9 Å². The Morgan fingerprint density at radius 2 is 1.64 bits per heavy atom. The van der Waals surface area contributed by atoms with Gasteiger partial charge in [-0.05, 0) is 37.3 Å². The van der Waals surface area contributed by atoms with E-state index in [1.165, 1.54) is 7.11 Å². The number of nitrogens with zero attached hydrogens (tertiary/aromatic N) is 5. The highest BCUT2D eigenvalue weighted by molar-refractivity contribution is 5.88. The van der Waals surface area contributed by atoms with E-state index in [1.807, 2.05) is 82.2 Å². The summed E-state index contributed by atoms with van der Waals surface area (Å²) in [6.07, 6.45) is 1.27. The van der Waals surface area contributed by atoms with Crippen LogP contribution in [0.3, 0.4) is 0 Å². The average Bonchev–Trinajstić information content (AvgIpc) is 3.65. The van der Waals surface area contributed by atoms with Crippen LogP contribution in [0.5, 0.6) is 0 Å². The highest BCUT2D eigenvalue weighted by atomic mass is 16.5. The Bertz CT molecular complexity index is 1380. The molecule has 2 N–H and O–H groups in total. The normalized spacial score (nSPS) is 18.5. The number of carbonyl (C=O) groups excluding carboxylic acids is 4. The molecule has 0 saturated carbocycles. The van der Waals surface area contributed by atoms with E-state index in [0.29, 0.717) is 18.9 Å². The van der Waals surface area contributed by atoms with Crippen molar-refractivity contribution in [2.45, 2.75) is 103 Å². The van der Waals surface area contributed by atoms with Gasteiger partial charge < -0.3 is 44.4 Å². The molecule has 0 radical (unpaired) electrons. The van der Waals surface area contributed by atoms with Gasteiger partial charge in [0, 0.05) is 68.5 Å². The van der Waals surface area contributed by atoms with Crippen LogP contribution in [0.2, 0.25) is 0 Å². The standard InChI is InChI=1S/C41H71N7O7/c1-14-28(4)36(47(10)39(51)35(27(2)3)44-41(45(7)8)46(9)24-22-42-6)33(53-11)26-34(49)48-23-18-21-32(48)37(54-12)29(5)38(50)43-31(40(52)55-13)25-30-19-16-15-17-20-30/h15-17,19-20,27-29,31-33,35-37,42H,14,18,21-26H2,1-13H3,(H,43,50)/t28-,29+,31?,32-,33+,35-,36-,37+/m0/s1. The SMILES string of the molecule is CC[C@H](C)[C@@H]([C@@H](CC(=O)N1CCC[C@H]1[C@H](OC)[C@@H](C)C(=O)NC(Cc1ccccc1)C(=O)OC)OC)N(C)C(=O)[C@@H](N=C(N(C)C)N(C)CCNC)C(C)C. The van der Waals surface area contributed by atoms with Crippen molar-refractivity contribution in [3.8, 4) is 0 Å². The van der Waals surface area contributed by atoms with Gasteiger partial charge in [0.1, 0.15) is 12.1 Å². The smallest absolute Gasteiger partial charge is 0.328 e. The number of likely N-dealkylation sites (tertiary alicyclic amines) is 1. The first-order chi connectivity index (χ1) is 26.1. The van der Waals surface area contributed by atoms with Gasteiger partial charge in [-0.2, -0.15) is 0 Å². The Hall–Kier alpha value is -3.75. The largest absolute Gasteiger partial charge is 0.467 e. The van der Waals surface area contributed by atoms with E-state index in [1.54, 1.807) is 38.0 Å². The number of methoxy groups -OCH3 is 3. The predicted octanol–water partition coefficient (Wildman–Crippen LogP) is 2.90. The summed E-state index contributed by atoms with van der Waals surface area (Å²) in [6, 6.07) is 7.12. The fourth-order valence-electron chi connectivity index (χ4n) is 7.55. The molecule has 14 nitrogen and oxygen atoms in total. The fourth-order valence-corrected chi connectivity index (χ4v) is 7.55. The summed E-state index contributed by atoms with van der Waals surface area (Å²) in [7, 11) is 13.9. The number of rotatable bonds is 21. The number of nitrogens with one attached hydrogen (secondary N) is 2. The third-order valence-corrected chi connectivity index (χ3v) is 10.9. The summed E-state index contributed by atoms with van der Waals surface area (Å²) < 4.78 is 17.0. The molecule has 0 bridgehead atoms. The van der Waals surface area contributed by atoms with Gasteiger partial charge in [0.25, 0.3) is 0 Å². The number of carbonyl (C=O) groups is 4. The van der Waals surface area contributed by atoms with Crippen LogP contribution in [0.15, 0.2) is 35.3 Å². The lowest BCUT2D eigenvalue weighted by Gasteiger charge is -2.40. The summed E-state index contributed by atoms with van der Waals surface area (Å²) in [4.78, 5) is 67.5. The number of hydrogen-bond donors (Lipinski definition) is 2. The summed E-state index contributed by atoms with van der Waals surface area (Å²) in [5.41, 5.74) is 0.885. The van der Waals surface area contributed by atoms with Crippen molar-refractivity contribution in [2.24, 2.45) is 22.7 Å². The summed E-state index contributed by atoms with van der Waals surface area (Å²) in [6.45, 7) is 11.9. The molecule has 0 aromatic heterocycles. The van der Waals surface area contributed by atoms with Crippen molar-refractivity contribution in [2.75, 3.05) is 76.2 Å². The van der Waals surface area contributed by atoms with Gasteiger partial charge >= 0.3 is 5.97 Å². The zero-order chi connectivity index (χ0) is 41.4. The molecule has 1 unspecified atom stereocenters. The van der Waals surface area contributed by atoms with Crippen LogP contribution < -0.4 is 10.6 Å². The second-order valence-corrected chi connectivity index (χ2v) is 15.4. The van der Waals surface area contributed by atoms with E-state index in [0.717, 1.165) is 31.5 Å². The molecule has 312 valence electrons. The lowest BCUT2D eigenvalue weighted by Crippen LogP contribution is -2.55. The molecule has 8 atom stereocenters. The first-order valence-electron chi connectivity index (χ1n) is 19.7. The van der Waals surface area contributed by atoms with E-state index in [9.17, 15) is 19.2 Å². The summed E-state index contributed by atoms with van der Waals surface area (Å²) in [5, 5.41) is 6.04. The molecule has 1 heterocycles. The Morgan fingerprint density at radius 3 is 2.16 bits per heavy atom. The topological polar surface area (TPSA) is 145 Å². The summed E-state index contributed by atoms with van der Waals surface area (Å²) >= 11 is 0. The van der Waals surface area contributed by atoms with Crippen LogP contribution in [-0.2, 0) is 39.8 Å². The molecule has 55 heavy (non-hydrogen) atoms. The quantitative estimate of drug-likeness (QED) is 0.109. The Balaban J connectivity index is 2.32. The molecule has 0 spiro atoms. The molecule has 2 rings (SSSR count). The number of guanidine groups is 1. The minimum absolute atomic E-state index is 0.0126. The van der Waals surface area contributed by atoms with Crippen LogP contribution in [0.25, 0.3) is 0 Å². The number of likely N-dealkylation sites (N-methyl/N-ethyl adjacent to an activating group) is 3. The zero-order valence-corrected chi connectivity index (χ0v) is 35.8. The van der Waals surface area contributed by atoms with E-state index in [4.69, 9.17) is 19.2 Å². The van der Waals surface area contributed by atoms with Crippen molar-refractivity contribution in [1.82, 2.24) is 30.2 Å². The minimum Gasteiger partial charge on any atom is -0.467 e. The van der Waals surface area contributed by atoms with Gasteiger partial charge in [-0.1, -0.05) is 71.4 Å². The maximum Gasteiger partial charge on any atom is 0.328 e. The number of ether oxygens (including phenoxy) is 3. The maximum absolute atomic E-state index is 14.4. The zero-order valence-electron chi connectivity index (χ0n) is 35.8. The lowest BCUT2D eigenvalue weighted by atomic mass is 9.89. The van der Waals surface area contributed by atoms with Gasteiger partial charge in [-0.15, -0.1) is 0 Å². The Labute approximate surface area is 330 Å². The van der Waals surface area contributed by atoms with E-state index in [-0.39, 0.29) is 48.4 Å². The first-order valence-corrected chi connectivity index (χ1v) is 19.7. The fraction of sp³-hybridized carbons (Fsp3) is 0.732. The van der Waals surface area contributed by atoms with Crippen molar-refractivity contribution in [1.29, 1.82) is 0 Å². The van der Waals surface area contributed by atoms with Crippen molar-refractivity contribution < 1.29 is 33.4 Å². The third-order valence-electron chi connectivity index (χ3n) is 10.9. The van der Waals surface area contributed by atoms with Gasteiger partial charge in [-0.25, -0.2) is 9.79 Å². The molecule has 3 amide bonds. The first kappa shape index (κ1) is 47.4. The second kappa shape index (κ2) is 23.3. The molecule has 1 saturated heterocycles. The molecule has 1 aromatic carbocycles. The van der Waals surface area contributed by atoms with E-state index >= 15 is 0 Å². The highest BCUT2D eigenvalue weighted by Crippen LogP contribution is 2.30. The maximum atomic E-state index is 14.4. The number of amides is 3. The van der Waals surface area contributed by atoms with E-state index in [2.05, 4.69) is 24.5 Å². The van der Waals surface area contributed by atoms with Crippen molar-refractivity contribution in [3.63, 3.8) is 0 Å². The molecule has 1 fully saturated rings. The van der Waals surface area contributed by atoms with Crippen LogP contribution in [-0.4, -0.2) is 162 Å². The predicted molar refractivity (Wildman–Crippen MR) is 217 cm³/mol. The van der Waals surface area contributed by atoms with Gasteiger partial charge in [0.2, 0.25) is 17.7 Å². The highest BCUT2D eigenvalue weighted by Gasteiger charge is 2.43. The van der Waals surface area contributed by atoms with Gasteiger partial charge in [0.15, 0.2) is 5.96 Å². The van der Waals surface area contributed by atoms with Gasteiger partial charge in [0.05, 0.1) is 43.7 Å². The molecule has 1 aliphatic rings. The monoisotopic (exact) mass is 774 g/mol. The van der Waals surface area contributed by atoms with Crippen molar-refractivity contribution >= 4 is 29.7 Å². The number of aliphatic imine (C=N–C) groups is 1. The van der Waals surface area contributed by atoms with Crippen LogP contribution in [0, 0.1) is 17.8 Å². The van der Waals surface area contributed by atoms with E-state index < -0.39 is 42.2 Å². The minimum atomic E-state index is -0.879. The Morgan fingerprint density at radius 1 is 0.982 bits per heavy atom. The number of esters is 1. The van der Waals surface area contributed by atoms with Gasteiger partial charge in [-0.3, -0.25) is 14.4 Å². The molecular formula is C41H71N7O7. The third kappa shape index (κ3) is 13.2. The lowest BCUT2D eigenvalue weighted by molar-refractivity contribution is -0.148. The molecule has 0 aliphatic carbocycles. The molecule has 1 aromatic rings. The summed E-state index contributed by atoms with van der Waals surface area (Å²) in [5.74, 6) is -1.21. The number of benzene rings is 1. The van der Waals surface area contributed by atoms with Crippen LogP contribution in [0.4, 0.5) is 0 Å². The molecule has 14 heteroatoms. The number of hydrogen-bond acceptors (Lipinski definition) is 9.